The molecule has 0 aliphatic rings. The molecule has 0 rings (SSSR count). The van der Waals surface area contributed by atoms with Gasteiger partial charge in [-0.2, -0.15) is 0 Å². The van der Waals surface area contributed by atoms with Crippen molar-refractivity contribution < 1.29 is 24.2 Å². The minimum Gasteiger partial charge on any atom is -0.480 e. The Morgan fingerprint density at radius 1 is 1.29 bits per heavy atom. The number of unbranched alkanes of at least 4 members (excludes halogenated alkanes) is 1. The number of carbonyl (C=O) groups is 3. The zero-order valence-corrected chi connectivity index (χ0v) is 9.99. The molecule has 1 unspecified atom stereocenters. The fourth-order valence-electron chi connectivity index (χ4n) is 1.24. The fraction of sp³-hybridized carbons (Fsp3) is 0.700. The normalized spacial score (nSPS) is 11.4. The van der Waals surface area contributed by atoms with Gasteiger partial charge in [0.2, 0.25) is 5.91 Å². The lowest BCUT2D eigenvalue weighted by Crippen LogP contribution is -2.39. The summed E-state index contributed by atoms with van der Waals surface area (Å²) in [6, 6.07) is -0.870. The van der Waals surface area contributed by atoms with Crippen LogP contribution in [-0.4, -0.2) is 42.8 Å². The van der Waals surface area contributed by atoms with Gasteiger partial charge in [0.15, 0.2) is 0 Å². The van der Waals surface area contributed by atoms with Gasteiger partial charge in [0.05, 0.1) is 7.11 Å². The van der Waals surface area contributed by atoms with E-state index in [9.17, 15) is 14.4 Å². The third-order valence-electron chi connectivity index (χ3n) is 2.05. The molecule has 3 N–H and O–H groups in total. The molecule has 0 heterocycles. The van der Waals surface area contributed by atoms with E-state index in [1.807, 2.05) is 0 Å². The van der Waals surface area contributed by atoms with Crippen LogP contribution in [0.5, 0.6) is 0 Å². The van der Waals surface area contributed by atoms with E-state index in [0.717, 1.165) is 0 Å². The van der Waals surface area contributed by atoms with Crippen LogP contribution in [0.25, 0.3) is 0 Å². The van der Waals surface area contributed by atoms with E-state index < -0.39 is 18.1 Å². The highest BCUT2D eigenvalue weighted by atomic mass is 16.5. The smallest absolute Gasteiger partial charge is 0.406 e. The molecule has 0 saturated heterocycles. The van der Waals surface area contributed by atoms with Crippen LogP contribution in [0, 0.1) is 0 Å². The topological polar surface area (TPSA) is 105 Å². The van der Waals surface area contributed by atoms with E-state index in [0.29, 0.717) is 25.8 Å². The number of methoxy groups -OCH3 is 1. The molecule has 0 aliphatic heterocycles. The molecule has 0 spiro atoms. The molecule has 1 atom stereocenters. The van der Waals surface area contributed by atoms with Crippen molar-refractivity contribution in [2.75, 3.05) is 13.7 Å². The number of hydrogen-bond donors (Lipinski definition) is 3. The van der Waals surface area contributed by atoms with Crippen molar-refractivity contribution in [1.29, 1.82) is 0 Å². The van der Waals surface area contributed by atoms with Crippen molar-refractivity contribution in [2.24, 2.45) is 0 Å². The summed E-state index contributed by atoms with van der Waals surface area (Å²) in [5, 5.41) is 13.6. The minimum absolute atomic E-state index is 0.331. The maximum atomic E-state index is 10.7. The zero-order valence-electron chi connectivity index (χ0n) is 9.99. The van der Waals surface area contributed by atoms with Gasteiger partial charge in [-0.15, -0.1) is 0 Å². The van der Waals surface area contributed by atoms with Gasteiger partial charge in [-0.25, -0.2) is 9.59 Å². The number of ether oxygens (including phenoxy) is 1. The summed E-state index contributed by atoms with van der Waals surface area (Å²) in [6.07, 6.45) is 1.03. The van der Waals surface area contributed by atoms with E-state index in [1.54, 1.807) is 0 Å². The molecule has 7 nitrogen and oxygen atoms in total. The van der Waals surface area contributed by atoms with Gasteiger partial charge in [0.1, 0.15) is 6.04 Å². The Morgan fingerprint density at radius 2 is 1.94 bits per heavy atom. The molecule has 7 heteroatoms. The quantitative estimate of drug-likeness (QED) is 0.553. The molecular formula is C10H18N2O5. The van der Waals surface area contributed by atoms with E-state index >= 15 is 0 Å². The van der Waals surface area contributed by atoms with Crippen molar-refractivity contribution >= 4 is 18.0 Å². The van der Waals surface area contributed by atoms with Crippen LogP contribution >= 0.6 is 0 Å². The molecule has 0 aromatic carbocycles. The first-order valence-corrected chi connectivity index (χ1v) is 5.29. The first-order chi connectivity index (χ1) is 7.97. The van der Waals surface area contributed by atoms with Crippen LogP contribution in [0.3, 0.4) is 0 Å². The van der Waals surface area contributed by atoms with Crippen molar-refractivity contribution in [3.63, 3.8) is 0 Å². The molecule has 0 aliphatic carbocycles. The molecule has 98 valence electrons. The number of nitrogens with one attached hydrogen (secondary N) is 2. The molecule has 0 aromatic rings. The number of carboxylic acid groups (broad SMARTS) is 1. The number of amides is 2. The Kier molecular flexibility index (Phi) is 7.49. The number of aliphatic carboxylic acids is 1. The summed E-state index contributed by atoms with van der Waals surface area (Å²) >= 11 is 0. The van der Waals surface area contributed by atoms with Gasteiger partial charge in [-0.1, -0.05) is 0 Å². The minimum atomic E-state index is -1.05. The lowest BCUT2D eigenvalue weighted by molar-refractivity contribution is -0.141. The predicted molar refractivity (Wildman–Crippen MR) is 59.5 cm³/mol. The monoisotopic (exact) mass is 246 g/mol. The third-order valence-corrected chi connectivity index (χ3v) is 2.05. The molecule has 0 bridgehead atoms. The van der Waals surface area contributed by atoms with Gasteiger partial charge in [0.25, 0.3) is 0 Å². The van der Waals surface area contributed by atoms with Crippen molar-refractivity contribution in [3.8, 4) is 0 Å². The van der Waals surface area contributed by atoms with Gasteiger partial charge < -0.3 is 20.5 Å². The van der Waals surface area contributed by atoms with Gasteiger partial charge >= 0.3 is 12.1 Å². The van der Waals surface area contributed by atoms with Crippen LogP contribution < -0.4 is 10.6 Å². The Hall–Kier alpha value is -1.79. The zero-order chi connectivity index (χ0) is 13.3. The maximum Gasteiger partial charge on any atom is 0.406 e. The lowest BCUT2D eigenvalue weighted by Gasteiger charge is -2.12. The van der Waals surface area contributed by atoms with Crippen molar-refractivity contribution in [2.45, 2.75) is 32.2 Å². The Labute approximate surface area is 99.5 Å². The van der Waals surface area contributed by atoms with E-state index in [2.05, 4.69) is 15.4 Å². The average molecular weight is 246 g/mol. The molecule has 0 radical (unpaired) electrons. The van der Waals surface area contributed by atoms with E-state index in [-0.39, 0.29) is 5.91 Å². The van der Waals surface area contributed by atoms with Crippen LogP contribution in [0.2, 0.25) is 0 Å². The summed E-state index contributed by atoms with van der Waals surface area (Å²) in [4.78, 5) is 32.2. The van der Waals surface area contributed by atoms with E-state index in [4.69, 9.17) is 5.11 Å². The highest BCUT2D eigenvalue weighted by Crippen LogP contribution is 2.01. The summed E-state index contributed by atoms with van der Waals surface area (Å²) in [6.45, 7) is 1.69. The number of rotatable bonds is 7. The Morgan fingerprint density at radius 3 is 2.41 bits per heavy atom. The maximum absolute atomic E-state index is 10.7. The largest absolute Gasteiger partial charge is 0.480 e. The summed E-state index contributed by atoms with van der Waals surface area (Å²) in [7, 11) is 1.27. The van der Waals surface area contributed by atoms with E-state index in [1.165, 1.54) is 14.0 Å². The molecule has 0 fully saturated rings. The second-order valence-electron chi connectivity index (χ2n) is 3.51. The fourth-order valence-corrected chi connectivity index (χ4v) is 1.24. The third kappa shape index (κ3) is 8.06. The highest BCUT2D eigenvalue weighted by Gasteiger charge is 2.17. The Bertz CT molecular complexity index is 280. The summed E-state index contributed by atoms with van der Waals surface area (Å²) in [5.41, 5.74) is 0. The molecule has 0 saturated carbocycles. The first kappa shape index (κ1) is 15.2. The van der Waals surface area contributed by atoms with Gasteiger partial charge in [-0.05, 0) is 19.3 Å². The molecule has 0 aromatic heterocycles. The lowest BCUT2D eigenvalue weighted by atomic mass is 10.1. The van der Waals surface area contributed by atoms with Crippen LogP contribution in [-0.2, 0) is 14.3 Å². The SMILES string of the molecule is COC(=O)NCCCCC(NC(C)=O)C(=O)O. The van der Waals surface area contributed by atoms with Crippen LogP contribution in [0.15, 0.2) is 0 Å². The molecule has 17 heavy (non-hydrogen) atoms. The van der Waals surface area contributed by atoms with Crippen molar-refractivity contribution in [3.05, 3.63) is 0 Å². The number of alkyl carbamates (subject to hydrolysis) is 1. The summed E-state index contributed by atoms with van der Waals surface area (Å²) in [5.74, 6) is -1.42. The number of hydrogen-bond acceptors (Lipinski definition) is 4. The van der Waals surface area contributed by atoms with Crippen LogP contribution in [0.4, 0.5) is 4.79 Å². The Balaban J connectivity index is 3.72. The molecular weight excluding hydrogens is 228 g/mol. The van der Waals surface area contributed by atoms with Gasteiger partial charge in [-0.3, -0.25) is 4.79 Å². The van der Waals surface area contributed by atoms with Crippen LogP contribution in [0.1, 0.15) is 26.2 Å². The van der Waals surface area contributed by atoms with Crippen molar-refractivity contribution in [1.82, 2.24) is 10.6 Å². The molecule has 2 amide bonds. The average Bonchev–Trinajstić information content (AvgIpc) is 2.25. The number of carboxylic acids is 1. The first-order valence-electron chi connectivity index (χ1n) is 5.29. The predicted octanol–water partition coefficient (Wildman–Crippen LogP) is 0.102. The summed E-state index contributed by atoms with van der Waals surface area (Å²) < 4.78 is 4.37. The highest BCUT2D eigenvalue weighted by molar-refractivity contribution is 5.81. The standard InChI is InChI=1S/C10H18N2O5/c1-7(13)12-8(9(14)15)5-3-4-6-11-10(16)17-2/h8H,3-6H2,1-2H3,(H,11,16)(H,12,13)(H,14,15). The second-order valence-corrected chi connectivity index (χ2v) is 3.51. The van der Waals surface area contributed by atoms with Gasteiger partial charge in [0, 0.05) is 13.5 Å². The number of carbonyl (C=O) groups excluding carboxylic acids is 2. The second kappa shape index (κ2) is 8.37.